The maximum atomic E-state index is 13.0. The van der Waals surface area contributed by atoms with Gasteiger partial charge in [0.15, 0.2) is 0 Å². The zero-order valence-electron chi connectivity index (χ0n) is 14.0. The molecule has 0 fully saturated rings. The molecule has 0 unspecified atom stereocenters. The molecule has 0 saturated carbocycles. The van der Waals surface area contributed by atoms with Crippen LogP contribution in [-0.4, -0.2) is 16.1 Å². The predicted octanol–water partition coefficient (Wildman–Crippen LogP) is 4.64. The Labute approximate surface area is 153 Å². The number of nitrogens with zero attached hydrogens (tertiary/aromatic N) is 1. The van der Waals surface area contributed by atoms with Gasteiger partial charge in [-0.05, 0) is 59.0 Å². The summed E-state index contributed by atoms with van der Waals surface area (Å²) in [5.74, 6) is -0.831. The molecule has 0 amide bonds. The van der Waals surface area contributed by atoms with E-state index >= 15 is 0 Å². The summed E-state index contributed by atoms with van der Waals surface area (Å²) in [5.41, 5.74) is 7.45. The Morgan fingerprint density at radius 3 is 2.52 bits per heavy atom. The van der Waals surface area contributed by atoms with Crippen LogP contribution in [0.3, 0.4) is 0 Å². The Morgan fingerprint density at radius 1 is 1.07 bits per heavy atom. The van der Waals surface area contributed by atoms with E-state index in [-0.39, 0.29) is 17.8 Å². The second-order valence-corrected chi connectivity index (χ2v) is 6.02. The van der Waals surface area contributed by atoms with Gasteiger partial charge in [-0.3, -0.25) is 0 Å². The van der Waals surface area contributed by atoms with Crippen molar-refractivity contribution in [1.82, 2.24) is 4.98 Å². The summed E-state index contributed by atoms with van der Waals surface area (Å²) in [6, 6.07) is 12.9. The normalized spacial score (nSPS) is 11.4. The first kappa shape index (κ1) is 18.4. The molecular formula is C20H15F3N2O2. The fraction of sp³-hybridized carbons (Fsp3) is 0.100. The Bertz CT molecular complexity index is 1000. The molecule has 0 aliphatic carbocycles. The largest absolute Gasteiger partial charge is 0.478 e. The summed E-state index contributed by atoms with van der Waals surface area (Å²) in [6.45, 7) is 0. The molecule has 3 aromatic rings. The number of aromatic nitrogens is 1. The lowest BCUT2D eigenvalue weighted by Gasteiger charge is -2.13. The molecule has 0 saturated heterocycles. The topological polar surface area (TPSA) is 76.2 Å². The Morgan fingerprint density at radius 2 is 1.85 bits per heavy atom. The second kappa shape index (κ2) is 7.11. The monoisotopic (exact) mass is 372 g/mol. The molecule has 4 nitrogen and oxygen atoms in total. The van der Waals surface area contributed by atoms with E-state index in [0.29, 0.717) is 22.3 Å². The number of rotatable bonds is 4. The van der Waals surface area contributed by atoms with Gasteiger partial charge < -0.3 is 10.8 Å². The van der Waals surface area contributed by atoms with Gasteiger partial charge >= 0.3 is 12.1 Å². The van der Waals surface area contributed by atoms with Crippen molar-refractivity contribution < 1.29 is 23.1 Å². The third kappa shape index (κ3) is 4.25. The first-order valence-corrected chi connectivity index (χ1v) is 7.98. The first-order valence-electron chi connectivity index (χ1n) is 7.98. The Kier molecular flexibility index (Phi) is 4.85. The van der Waals surface area contributed by atoms with Crippen molar-refractivity contribution in [2.24, 2.45) is 0 Å². The van der Waals surface area contributed by atoms with E-state index in [2.05, 4.69) is 4.98 Å². The summed E-state index contributed by atoms with van der Waals surface area (Å²) < 4.78 is 38.9. The average Bonchev–Trinajstić information content (AvgIpc) is 2.61. The number of nitrogen functional groups attached to an aromatic ring is 1. The highest BCUT2D eigenvalue weighted by Crippen LogP contribution is 2.32. The predicted molar refractivity (Wildman–Crippen MR) is 95.3 cm³/mol. The van der Waals surface area contributed by atoms with Crippen LogP contribution in [0.25, 0.3) is 11.1 Å². The number of pyridine rings is 1. The van der Waals surface area contributed by atoms with Crippen LogP contribution in [0, 0.1) is 0 Å². The van der Waals surface area contributed by atoms with Gasteiger partial charge in [0.1, 0.15) is 5.82 Å². The number of anilines is 1. The number of aromatic carboxylic acids is 1. The van der Waals surface area contributed by atoms with Gasteiger partial charge in [-0.25, -0.2) is 9.78 Å². The lowest BCUT2D eigenvalue weighted by Crippen LogP contribution is -2.05. The third-order valence-corrected chi connectivity index (χ3v) is 4.10. The van der Waals surface area contributed by atoms with E-state index in [4.69, 9.17) is 5.73 Å². The highest BCUT2D eigenvalue weighted by molar-refractivity contribution is 5.90. The van der Waals surface area contributed by atoms with Crippen LogP contribution in [0.5, 0.6) is 0 Å². The number of nitrogens with two attached hydrogens (primary N) is 1. The molecule has 0 spiro atoms. The van der Waals surface area contributed by atoms with Gasteiger partial charge in [-0.2, -0.15) is 13.2 Å². The summed E-state index contributed by atoms with van der Waals surface area (Å²) in [7, 11) is 0. The molecule has 3 rings (SSSR count). The zero-order valence-corrected chi connectivity index (χ0v) is 14.0. The fourth-order valence-corrected chi connectivity index (χ4v) is 2.83. The minimum absolute atomic E-state index is 0.0770. The summed E-state index contributed by atoms with van der Waals surface area (Å²) >= 11 is 0. The van der Waals surface area contributed by atoms with Crippen LogP contribution in [0.15, 0.2) is 60.8 Å². The molecule has 0 atom stereocenters. The van der Waals surface area contributed by atoms with Crippen molar-refractivity contribution in [2.75, 3.05) is 5.73 Å². The zero-order chi connectivity index (χ0) is 19.6. The number of alkyl halides is 3. The number of hydrogen-bond donors (Lipinski definition) is 2. The lowest BCUT2D eigenvalue weighted by atomic mass is 9.93. The summed E-state index contributed by atoms with van der Waals surface area (Å²) in [5, 5.41) is 9.26. The molecule has 27 heavy (non-hydrogen) atoms. The van der Waals surface area contributed by atoms with E-state index in [1.807, 2.05) is 0 Å². The van der Waals surface area contributed by atoms with Gasteiger partial charge in [-0.15, -0.1) is 0 Å². The summed E-state index contributed by atoms with van der Waals surface area (Å²) in [4.78, 5) is 15.2. The van der Waals surface area contributed by atoms with Gasteiger partial charge in [0, 0.05) is 6.20 Å². The molecule has 7 heteroatoms. The van der Waals surface area contributed by atoms with Crippen molar-refractivity contribution in [1.29, 1.82) is 0 Å². The van der Waals surface area contributed by atoms with Gasteiger partial charge in [-0.1, -0.05) is 24.3 Å². The van der Waals surface area contributed by atoms with E-state index in [9.17, 15) is 23.1 Å². The number of hydrogen-bond acceptors (Lipinski definition) is 3. The Hall–Kier alpha value is -3.35. The molecule has 0 bridgehead atoms. The third-order valence-electron chi connectivity index (χ3n) is 4.10. The number of carboxylic acids is 1. The smallest absolute Gasteiger partial charge is 0.416 e. The molecule has 1 heterocycles. The molecule has 0 aliphatic rings. The highest BCUT2D eigenvalue weighted by Gasteiger charge is 2.30. The number of halogens is 3. The maximum absolute atomic E-state index is 13.0. The standard InChI is InChI=1S/C20H15F3N2O2/c21-20(22,23)16-3-1-2-12(9-16)8-13-4-5-15(19(26)27)10-17(13)14-6-7-25-18(24)11-14/h1-7,9-11H,8H2,(H2,24,25)(H,26,27). The summed E-state index contributed by atoms with van der Waals surface area (Å²) in [6.07, 6.45) is -2.72. The lowest BCUT2D eigenvalue weighted by molar-refractivity contribution is -0.137. The van der Waals surface area contributed by atoms with Crippen LogP contribution < -0.4 is 5.73 Å². The number of carbonyl (C=O) groups is 1. The minimum Gasteiger partial charge on any atom is -0.478 e. The van der Waals surface area contributed by atoms with Crippen LogP contribution in [0.2, 0.25) is 0 Å². The van der Waals surface area contributed by atoms with Crippen LogP contribution in [0.1, 0.15) is 27.0 Å². The van der Waals surface area contributed by atoms with Gasteiger partial charge in [0.2, 0.25) is 0 Å². The van der Waals surface area contributed by atoms with E-state index < -0.39 is 17.7 Å². The fourth-order valence-electron chi connectivity index (χ4n) is 2.83. The molecular weight excluding hydrogens is 357 g/mol. The SMILES string of the molecule is Nc1cc(-c2cc(C(=O)O)ccc2Cc2cccc(C(F)(F)F)c2)ccn1. The molecule has 1 aromatic heterocycles. The van der Waals surface area contributed by atoms with Crippen LogP contribution in [0.4, 0.5) is 19.0 Å². The highest BCUT2D eigenvalue weighted by atomic mass is 19.4. The molecule has 0 aliphatic heterocycles. The quantitative estimate of drug-likeness (QED) is 0.700. The van der Waals surface area contributed by atoms with Crippen molar-refractivity contribution in [3.63, 3.8) is 0 Å². The average molecular weight is 372 g/mol. The number of carboxylic acid groups (broad SMARTS) is 1. The Balaban J connectivity index is 2.07. The molecule has 0 radical (unpaired) electrons. The van der Waals surface area contributed by atoms with Crippen molar-refractivity contribution >= 4 is 11.8 Å². The molecule has 2 aromatic carbocycles. The first-order chi connectivity index (χ1) is 12.7. The van der Waals surface area contributed by atoms with E-state index in [1.165, 1.54) is 24.4 Å². The maximum Gasteiger partial charge on any atom is 0.416 e. The van der Waals surface area contributed by atoms with E-state index in [0.717, 1.165) is 12.1 Å². The van der Waals surface area contributed by atoms with E-state index in [1.54, 1.807) is 24.3 Å². The van der Waals surface area contributed by atoms with Gasteiger partial charge in [0.05, 0.1) is 11.1 Å². The van der Waals surface area contributed by atoms with Crippen LogP contribution in [-0.2, 0) is 12.6 Å². The van der Waals surface area contributed by atoms with Crippen molar-refractivity contribution in [2.45, 2.75) is 12.6 Å². The number of benzene rings is 2. The van der Waals surface area contributed by atoms with Gasteiger partial charge in [0.25, 0.3) is 0 Å². The van der Waals surface area contributed by atoms with Crippen molar-refractivity contribution in [3.8, 4) is 11.1 Å². The molecule has 138 valence electrons. The second-order valence-electron chi connectivity index (χ2n) is 6.02. The minimum atomic E-state index is -4.43. The van der Waals surface area contributed by atoms with Crippen molar-refractivity contribution in [3.05, 3.63) is 83.0 Å². The van der Waals surface area contributed by atoms with Crippen LogP contribution >= 0.6 is 0 Å². The molecule has 3 N–H and O–H groups in total.